The van der Waals surface area contributed by atoms with Crippen LogP contribution in [0, 0.1) is 10.1 Å². The molecule has 0 bridgehead atoms. The lowest BCUT2D eigenvalue weighted by Gasteiger charge is -2.12. The molecular weight excluding hydrogens is 290 g/mol. The highest BCUT2D eigenvalue weighted by atomic mass is 16.6. The molecule has 2 rings (SSSR count). The summed E-state index contributed by atoms with van der Waals surface area (Å²) in [5, 5.41) is 21.4. The lowest BCUT2D eigenvalue weighted by Crippen LogP contribution is -2.17. The van der Waals surface area contributed by atoms with Gasteiger partial charge >= 0.3 is 0 Å². The molecule has 0 aliphatic rings. The van der Waals surface area contributed by atoms with Gasteiger partial charge in [0.15, 0.2) is 5.82 Å². The fourth-order valence-corrected chi connectivity index (χ4v) is 1.87. The van der Waals surface area contributed by atoms with Gasteiger partial charge in [0.25, 0.3) is 11.6 Å². The first kappa shape index (κ1) is 15.4. The molecule has 116 valence electrons. The van der Waals surface area contributed by atoms with E-state index in [4.69, 9.17) is 5.73 Å². The van der Waals surface area contributed by atoms with Crippen molar-refractivity contribution in [2.45, 2.75) is 26.4 Å². The molecule has 2 heterocycles. The van der Waals surface area contributed by atoms with Crippen LogP contribution in [0.3, 0.4) is 0 Å². The molecule has 10 heteroatoms. The van der Waals surface area contributed by atoms with Crippen LogP contribution in [-0.2, 0) is 6.54 Å². The Morgan fingerprint density at radius 3 is 2.86 bits per heavy atom. The number of amides is 1. The number of nitrogens with two attached hydrogens (primary N) is 1. The van der Waals surface area contributed by atoms with Crippen molar-refractivity contribution in [3.8, 4) is 0 Å². The lowest BCUT2D eigenvalue weighted by molar-refractivity contribution is -0.385. The highest BCUT2D eigenvalue weighted by Crippen LogP contribution is 2.19. The Labute approximate surface area is 125 Å². The molecule has 0 spiro atoms. The molecule has 0 aromatic carbocycles. The zero-order valence-electron chi connectivity index (χ0n) is 12.1. The third-order valence-electron chi connectivity index (χ3n) is 2.97. The number of nitro groups is 1. The minimum atomic E-state index is -0.802. The first-order valence-electron chi connectivity index (χ1n) is 6.46. The van der Waals surface area contributed by atoms with E-state index in [-0.39, 0.29) is 29.7 Å². The first-order valence-corrected chi connectivity index (χ1v) is 6.46. The SMILES string of the molecule is CC(C)n1cnnc1CNc1ncc([N+](=O)[O-])cc1C(N)=O. The van der Waals surface area contributed by atoms with Crippen LogP contribution in [0.15, 0.2) is 18.6 Å². The Balaban J connectivity index is 2.24. The van der Waals surface area contributed by atoms with E-state index in [9.17, 15) is 14.9 Å². The molecule has 0 saturated carbocycles. The van der Waals surface area contributed by atoms with Gasteiger partial charge in [-0.2, -0.15) is 0 Å². The van der Waals surface area contributed by atoms with Gasteiger partial charge in [-0.15, -0.1) is 10.2 Å². The van der Waals surface area contributed by atoms with Crippen molar-refractivity contribution >= 4 is 17.4 Å². The highest BCUT2D eigenvalue weighted by Gasteiger charge is 2.17. The number of aromatic nitrogens is 4. The van der Waals surface area contributed by atoms with Crippen LogP contribution in [0.25, 0.3) is 0 Å². The van der Waals surface area contributed by atoms with Crippen LogP contribution in [0.5, 0.6) is 0 Å². The predicted octanol–water partition coefficient (Wildman–Crippen LogP) is 0.873. The standard InChI is InChI=1S/C12H15N7O3/c1-7(2)18-6-16-17-10(18)5-15-12-9(11(13)20)3-8(4-14-12)19(21)22/h3-4,6-7H,5H2,1-2H3,(H2,13,20)(H,14,15). The van der Waals surface area contributed by atoms with Crippen LogP contribution in [0.4, 0.5) is 11.5 Å². The van der Waals surface area contributed by atoms with E-state index >= 15 is 0 Å². The van der Waals surface area contributed by atoms with Gasteiger partial charge in [-0.25, -0.2) is 4.98 Å². The van der Waals surface area contributed by atoms with Gasteiger partial charge in [-0.05, 0) is 13.8 Å². The molecule has 0 aliphatic heterocycles. The van der Waals surface area contributed by atoms with Gasteiger partial charge < -0.3 is 15.6 Å². The van der Waals surface area contributed by atoms with Gasteiger partial charge in [0.05, 0.1) is 17.0 Å². The number of pyridine rings is 1. The Kier molecular flexibility index (Phi) is 4.30. The summed E-state index contributed by atoms with van der Waals surface area (Å²) < 4.78 is 1.85. The zero-order chi connectivity index (χ0) is 16.3. The van der Waals surface area contributed by atoms with E-state index in [0.717, 1.165) is 12.3 Å². The van der Waals surface area contributed by atoms with E-state index in [0.29, 0.717) is 5.82 Å². The van der Waals surface area contributed by atoms with Crippen molar-refractivity contribution in [3.05, 3.63) is 40.1 Å². The van der Waals surface area contributed by atoms with Crippen molar-refractivity contribution in [3.63, 3.8) is 0 Å². The number of hydrogen-bond donors (Lipinski definition) is 2. The van der Waals surface area contributed by atoms with Crippen molar-refractivity contribution in [2.75, 3.05) is 5.32 Å². The average Bonchev–Trinajstić information content (AvgIpc) is 2.93. The average molecular weight is 305 g/mol. The largest absolute Gasteiger partial charge is 0.365 e. The number of primary amides is 1. The van der Waals surface area contributed by atoms with E-state index in [1.807, 2.05) is 18.4 Å². The quantitative estimate of drug-likeness (QED) is 0.595. The van der Waals surface area contributed by atoms with Crippen LogP contribution >= 0.6 is 0 Å². The van der Waals surface area contributed by atoms with Crippen molar-refractivity contribution in [1.29, 1.82) is 0 Å². The number of carbonyl (C=O) groups is 1. The van der Waals surface area contributed by atoms with Crippen molar-refractivity contribution < 1.29 is 9.72 Å². The monoisotopic (exact) mass is 305 g/mol. The van der Waals surface area contributed by atoms with Crippen LogP contribution in [0.2, 0.25) is 0 Å². The number of anilines is 1. The summed E-state index contributed by atoms with van der Waals surface area (Å²) >= 11 is 0. The molecule has 0 fully saturated rings. The second kappa shape index (κ2) is 6.16. The predicted molar refractivity (Wildman–Crippen MR) is 77.1 cm³/mol. The molecule has 2 aromatic heterocycles. The summed E-state index contributed by atoms with van der Waals surface area (Å²) in [6.07, 6.45) is 2.65. The van der Waals surface area contributed by atoms with Crippen LogP contribution in [0.1, 0.15) is 36.1 Å². The fraction of sp³-hybridized carbons (Fsp3) is 0.333. The Bertz CT molecular complexity index is 710. The molecule has 1 amide bonds. The van der Waals surface area contributed by atoms with E-state index in [1.165, 1.54) is 0 Å². The third kappa shape index (κ3) is 3.16. The number of carbonyl (C=O) groups excluding carboxylic acids is 1. The third-order valence-corrected chi connectivity index (χ3v) is 2.97. The minimum Gasteiger partial charge on any atom is -0.365 e. The fourth-order valence-electron chi connectivity index (χ4n) is 1.87. The highest BCUT2D eigenvalue weighted by molar-refractivity contribution is 5.98. The van der Waals surface area contributed by atoms with E-state index in [1.54, 1.807) is 6.33 Å². The smallest absolute Gasteiger partial charge is 0.288 e. The minimum absolute atomic E-state index is 0.0511. The number of nitrogens with one attached hydrogen (secondary N) is 1. The number of rotatable bonds is 6. The van der Waals surface area contributed by atoms with Crippen LogP contribution in [-0.4, -0.2) is 30.6 Å². The van der Waals surface area contributed by atoms with Crippen molar-refractivity contribution in [1.82, 2.24) is 19.7 Å². The molecule has 10 nitrogen and oxygen atoms in total. The summed E-state index contributed by atoms with van der Waals surface area (Å²) in [4.78, 5) is 25.4. The van der Waals surface area contributed by atoms with E-state index in [2.05, 4.69) is 20.5 Å². The molecule has 22 heavy (non-hydrogen) atoms. The zero-order valence-corrected chi connectivity index (χ0v) is 12.1. The van der Waals surface area contributed by atoms with E-state index < -0.39 is 10.8 Å². The van der Waals surface area contributed by atoms with Crippen LogP contribution < -0.4 is 11.1 Å². The first-order chi connectivity index (χ1) is 10.4. The Morgan fingerprint density at radius 1 is 1.55 bits per heavy atom. The molecule has 0 radical (unpaired) electrons. The maximum Gasteiger partial charge on any atom is 0.288 e. The normalized spacial score (nSPS) is 10.7. The van der Waals surface area contributed by atoms with Gasteiger partial charge in [0.1, 0.15) is 18.3 Å². The second-order valence-corrected chi connectivity index (χ2v) is 4.81. The Hall–Kier alpha value is -3.04. The summed E-state index contributed by atoms with van der Waals surface area (Å²) in [5.74, 6) is 0.00556. The lowest BCUT2D eigenvalue weighted by atomic mass is 10.2. The summed E-state index contributed by atoms with van der Waals surface area (Å²) in [5.41, 5.74) is 4.88. The van der Waals surface area contributed by atoms with Gasteiger partial charge in [0, 0.05) is 12.1 Å². The maximum absolute atomic E-state index is 11.4. The summed E-state index contributed by atoms with van der Waals surface area (Å²) in [6.45, 7) is 4.21. The molecule has 0 aliphatic carbocycles. The summed E-state index contributed by atoms with van der Waals surface area (Å²) in [7, 11) is 0. The second-order valence-electron chi connectivity index (χ2n) is 4.81. The van der Waals surface area contributed by atoms with Crippen molar-refractivity contribution in [2.24, 2.45) is 5.73 Å². The van der Waals surface area contributed by atoms with Gasteiger partial charge in [-0.3, -0.25) is 14.9 Å². The molecular formula is C12H15N7O3. The Morgan fingerprint density at radius 2 is 2.27 bits per heavy atom. The molecule has 0 saturated heterocycles. The molecule has 0 atom stereocenters. The summed E-state index contributed by atoms with van der Waals surface area (Å²) in [6, 6.07) is 1.26. The number of hydrogen-bond acceptors (Lipinski definition) is 7. The molecule has 3 N–H and O–H groups in total. The van der Waals surface area contributed by atoms with Gasteiger partial charge in [0.2, 0.25) is 0 Å². The molecule has 0 unspecified atom stereocenters. The topological polar surface area (TPSA) is 142 Å². The van der Waals surface area contributed by atoms with Gasteiger partial charge in [-0.1, -0.05) is 0 Å². The molecule has 2 aromatic rings. The number of nitrogens with zero attached hydrogens (tertiary/aromatic N) is 5. The maximum atomic E-state index is 11.4.